The van der Waals surface area contributed by atoms with E-state index in [1.54, 1.807) is 12.1 Å². The molecular formula is C12H18N2O3S. The van der Waals surface area contributed by atoms with Crippen molar-refractivity contribution in [2.75, 3.05) is 6.54 Å². The topological polar surface area (TPSA) is 78.2 Å². The maximum atomic E-state index is 12.0. The highest BCUT2D eigenvalue weighted by molar-refractivity contribution is 7.90. The molecule has 0 aromatic heterocycles. The van der Waals surface area contributed by atoms with Crippen molar-refractivity contribution in [3.63, 3.8) is 0 Å². The van der Waals surface area contributed by atoms with E-state index in [9.17, 15) is 14.7 Å². The minimum atomic E-state index is -1.34. The molecule has 1 aromatic rings. The van der Waals surface area contributed by atoms with E-state index in [2.05, 4.69) is 4.72 Å². The number of nitro groups is 1. The van der Waals surface area contributed by atoms with Gasteiger partial charge in [0, 0.05) is 16.3 Å². The van der Waals surface area contributed by atoms with Gasteiger partial charge in [0.2, 0.25) is 6.54 Å². The molecule has 6 heteroatoms. The molecule has 5 nitrogen and oxygen atoms in total. The number of nitrogens with one attached hydrogen (secondary N) is 1. The summed E-state index contributed by atoms with van der Waals surface area (Å²) in [5.41, 5.74) is 0.770. The zero-order valence-corrected chi connectivity index (χ0v) is 11.6. The molecule has 1 aromatic carbocycles. The second-order valence-corrected chi connectivity index (χ2v) is 6.98. The van der Waals surface area contributed by atoms with Gasteiger partial charge in [0.25, 0.3) is 0 Å². The lowest BCUT2D eigenvalue weighted by molar-refractivity contribution is -0.483. The smallest absolute Gasteiger partial charge is 0.227 e. The predicted octanol–water partition coefficient (Wildman–Crippen LogP) is 2.06. The maximum absolute atomic E-state index is 12.0. The first-order valence-corrected chi connectivity index (χ1v) is 6.80. The lowest BCUT2D eigenvalue weighted by Crippen LogP contribution is -2.43. The number of benzene rings is 1. The van der Waals surface area contributed by atoms with Gasteiger partial charge in [-0.15, -0.1) is 4.72 Å². The Hall–Kier alpha value is -1.11. The monoisotopic (exact) mass is 270 g/mol. The SMILES string of the molecule is CC(C)(C)[S+]([O-])NC(C[N+](=O)[O-])c1ccccc1. The van der Waals surface area contributed by atoms with Gasteiger partial charge in [-0.05, 0) is 26.3 Å². The fourth-order valence-corrected chi connectivity index (χ4v) is 2.17. The molecule has 0 aliphatic carbocycles. The highest BCUT2D eigenvalue weighted by atomic mass is 32.2. The van der Waals surface area contributed by atoms with Crippen molar-refractivity contribution in [1.29, 1.82) is 0 Å². The molecule has 0 aliphatic heterocycles. The molecule has 0 spiro atoms. The summed E-state index contributed by atoms with van der Waals surface area (Å²) in [4.78, 5) is 10.3. The Labute approximate surface area is 110 Å². The normalized spacial score (nSPS) is 15.1. The summed E-state index contributed by atoms with van der Waals surface area (Å²) in [7, 11) is 0. The molecule has 2 unspecified atom stereocenters. The standard InChI is InChI=1S/C12H18N2O3S/c1-12(2,3)18(17)13-11(9-14(15)16)10-7-5-4-6-8-10/h4-8,11,13H,9H2,1-3H3. The molecule has 1 N–H and O–H groups in total. The zero-order valence-electron chi connectivity index (χ0n) is 10.8. The van der Waals surface area contributed by atoms with E-state index < -0.39 is 27.1 Å². The highest BCUT2D eigenvalue weighted by Gasteiger charge is 2.31. The van der Waals surface area contributed by atoms with Crippen LogP contribution in [0.25, 0.3) is 0 Å². The molecule has 0 heterocycles. The zero-order chi connectivity index (χ0) is 13.8. The minimum absolute atomic E-state index is 0.286. The first-order chi connectivity index (χ1) is 8.30. The van der Waals surface area contributed by atoms with E-state index in [0.29, 0.717) is 0 Å². The lowest BCUT2D eigenvalue weighted by atomic mass is 10.1. The Morgan fingerprint density at radius 2 is 1.89 bits per heavy atom. The fourth-order valence-electron chi connectivity index (χ4n) is 1.35. The van der Waals surface area contributed by atoms with Crippen LogP contribution in [0.1, 0.15) is 32.4 Å². The van der Waals surface area contributed by atoms with Gasteiger partial charge in [-0.25, -0.2) is 0 Å². The first kappa shape index (κ1) is 14.9. The Morgan fingerprint density at radius 3 is 2.33 bits per heavy atom. The van der Waals surface area contributed by atoms with Gasteiger partial charge in [0.15, 0.2) is 0 Å². The van der Waals surface area contributed by atoms with Crippen molar-refractivity contribution in [1.82, 2.24) is 4.72 Å². The summed E-state index contributed by atoms with van der Waals surface area (Å²) < 4.78 is 14.4. The van der Waals surface area contributed by atoms with E-state index >= 15 is 0 Å². The van der Waals surface area contributed by atoms with Gasteiger partial charge in [0.05, 0.1) is 0 Å². The van der Waals surface area contributed by atoms with Crippen LogP contribution in [0, 0.1) is 10.1 Å². The number of hydrogen-bond acceptors (Lipinski definition) is 4. The van der Waals surface area contributed by atoms with Gasteiger partial charge in [-0.2, -0.15) is 0 Å². The Bertz CT molecular complexity index is 392. The van der Waals surface area contributed by atoms with Crippen LogP contribution in [0.15, 0.2) is 30.3 Å². The van der Waals surface area contributed by atoms with Crippen molar-refractivity contribution in [2.24, 2.45) is 0 Å². The lowest BCUT2D eigenvalue weighted by Gasteiger charge is -2.26. The van der Waals surface area contributed by atoms with Gasteiger partial charge in [-0.1, -0.05) is 30.3 Å². The molecule has 0 amide bonds. The molecule has 0 radical (unpaired) electrons. The summed E-state index contributed by atoms with van der Waals surface area (Å²) in [6, 6.07) is 8.50. The summed E-state index contributed by atoms with van der Waals surface area (Å²) in [6.45, 7) is 5.19. The highest BCUT2D eigenvalue weighted by Crippen LogP contribution is 2.20. The first-order valence-electron chi connectivity index (χ1n) is 5.65. The summed E-state index contributed by atoms with van der Waals surface area (Å²) in [5, 5.41) is 10.7. The van der Waals surface area contributed by atoms with E-state index in [1.807, 2.05) is 39.0 Å². The molecular weight excluding hydrogens is 252 g/mol. The Balaban J connectivity index is 2.83. The van der Waals surface area contributed by atoms with Crippen LogP contribution in [0.5, 0.6) is 0 Å². The van der Waals surface area contributed by atoms with Crippen molar-refractivity contribution in [3.05, 3.63) is 46.0 Å². The third-order valence-electron chi connectivity index (χ3n) is 2.34. The van der Waals surface area contributed by atoms with Gasteiger partial charge >= 0.3 is 0 Å². The van der Waals surface area contributed by atoms with Crippen LogP contribution in [0.3, 0.4) is 0 Å². The summed E-state index contributed by atoms with van der Waals surface area (Å²) >= 11 is -1.34. The number of nitrogens with zero attached hydrogens (tertiary/aromatic N) is 1. The minimum Gasteiger partial charge on any atom is -0.598 e. The van der Waals surface area contributed by atoms with Crippen LogP contribution in [-0.4, -0.2) is 20.8 Å². The summed E-state index contributed by atoms with van der Waals surface area (Å²) in [5.74, 6) is 0. The molecule has 0 aliphatic rings. The second kappa shape index (κ2) is 6.17. The Kier molecular flexibility index (Phi) is 5.13. The van der Waals surface area contributed by atoms with Gasteiger partial charge in [-0.3, -0.25) is 10.1 Å². The van der Waals surface area contributed by atoms with E-state index in [-0.39, 0.29) is 6.54 Å². The largest absolute Gasteiger partial charge is 0.598 e. The average Bonchev–Trinajstić information content (AvgIpc) is 2.27. The predicted molar refractivity (Wildman–Crippen MR) is 72.1 cm³/mol. The quantitative estimate of drug-likeness (QED) is 0.504. The van der Waals surface area contributed by atoms with Crippen LogP contribution in [-0.2, 0) is 11.4 Å². The van der Waals surface area contributed by atoms with Crippen LogP contribution >= 0.6 is 0 Å². The Morgan fingerprint density at radius 1 is 1.33 bits per heavy atom. The third-order valence-corrected chi connectivity index (χ3v) is 3.95. The molecule has 0 saturated heterocycles. The second-order valence-electron chi connectivity index (χ2n) is 4.98. The van der Waals surface area contributed by atoms with Crippen molar-refractivity contribution in [2.45, 2.75) is 31.6 Å². The number of hydrogen-bond donors (Lipinski definition) is 1. The maximum Gasteiger partial charge on any atom is 0.227 e. The average molecular weight is 270 g/mol. The molecule has 0 saturated carbocycles. The van der Waals surface area contributed by atoms with Crippen LogP contribution in [0.2, 0.25) is 0 Å². The van der Waals surface area contributed by atoms with Crippen molar-refractivity contribution >= 4 is 11.4 Å². The molecule has 100 valence electrons. The molecule has 0 bridgehead atoms. The van der Waals surface area contributed by atoms with Crippen LogP contribution < -0.4 is 4.72 Å². The fraction of sp³-hybridized carbons (Fsp3) is 0.500. The molecule has 2 atom stereocenters. The van der Waals surface area contributed by atoms with Gasteiger partial charge in [0.1, 0.15) is 10.8 Å². The van der Waals surface area contributed by atoms with Gasteiger partial charge < -0.3 is 4.55 Å². The molecule has 1 rings (SSSR count). The number of rotatable bonds is 5. The van der Waals surface area contributed by atoms with E-state index in [4.69, 9.17) is 0 Å². The molecule has 0 fully saturated rings. The van der Waals surface area contributed by atoms with Crippen molar-refractivity contribution < 1.29 is 9.48 Å². The van der Waals surface area contributed by atoms with Crippen LogP contribution in [0.4, 0.5) is 0 Å². The van der Waals surface area contributed by atoms with E-state index in [0.717, 1.165) is 5.56 Å². The molecule has 18 heavy (non-hydrogen) atoms. The summed E-state index contributed by atoms with van der Waals surface area (Å²) in [6.07, 6.45) is 0. The third kappa shape index (κ3) is 4.64. The van der Waals surface area contributed by atoms with E-state index in [1.165, 1.54) is 0 Å². The van der Waals surface area contributed by atoms with Crippen molar-refractivity contribution in [3.8, 4) is 0 Å².